The average molecular weight is 371 g/mol. The highest BCUT2D eigenvalue weighted by Gasteiger charge is 2.28. The molecular weight excluding hydrogens is 348 g/mol. The maximum atomic E-state index is 12.2. The standard InChI is InChI=1S/C16H23ClN4O4/c1-16(2,3)25-15(23)21-7-5-6-10(9-21)18-12-8-11(13(22)24-4)19-14(17)20-12/h8,10H,5-7,9H2,1-4H3,(H,18,19,20)/t10-/m0/s1. The summed E-state index contributed by atoms with van der Waals surface area (Å²) in [6, 6.07) is 1.45. The number of esters is 1. The second-order valence-electron chi connectivity index (χ2n) is 6.81. The molecule has 0 aromatic carbocycles. The van der Waals surface area contributed by atoms with E-state index in [1.165, 1.54) is 13.2 Å². The highest BCUT2D eigenvalue weighted by molar-refractivity contribution is 6.28. The zero-order chi connectivity index (χ0) is 18.6. The summed E-state index contributed by atoms with van der Waals surface area (Å²) in [5, 5.41) is 3.15. The van der Waals surface area contributed by atoms with E-state index < -0.39 is 11.6 Å². The number of nitrogens with one attached hydrogen (secondary N) is 1. The van der Waals surface area contributed by atoms with E-state index in [1.54, 1.807) is 4.90 Å². The summed E-state index contributed by atoms with van der Waals surface area (Å²) in [7, 11) is 1.27. The van der Waals surface area contributed by atoms with Gasteiger partial charge in [0.2, 0.25) is 5.28 Å². The third kappa shape index (κ3) is 5.74. The van der Waals surface area contributed by atoms with E-state index in [9.17, 15) is 9.59 Å². The highest BCUT2D eigenvalue weighted by atomic mass is 35.5. The average Bonchev–Trinajstić information content (AvgIpc) is 2.52. The predicted molar refractivity (Wildman–Crippen MR) is 92.8 cm³/mol. The Bertz CT molecular complexity index is 648. The van der Waals surface area contributed by atoms with Gasteiger partial charge in [0, 0.05) is 25.2 Å². The monoisotopic (exact) mass is 370 g/mol. The zero-order valence-electron chi connectivity index (χ0n) is 14.8. The fourth-order valence-electron chi connectivity index (χ4n) is 2.50. The number of halogens is 1. The van der Waals surface area contributed by atoms with Gasteiger partial charge < -0.3 is 19.7 Å². The van der Waals surface area contributed by atoms with Gasteiger partial charge in [0.15, 0.2) is 5.69 Å². The van der Waals surface area contributed by atoms with Crippen LogP contribution in [0.2, 0.25) is 5.28 Å². The number of ether oxygens (including phenoxy) is 2. The first-order chi connectivity index (χ1) is 11.7. The Balaban J connectivity index is 2.04. The Morgan fingerprint density at radius 3 is 2.72 bits per heavy atom. The van der Waals surface area contributed by atoms with Crippen LogP contribution in [-0.4, -0.2) is 58.8 Å². The molecule has 0 spiro atoms. The molecule has 1 aromatic heterocycles. The number of piperidine rings is 1. The zero-order valence-corrected chi connectivity index (χ0v) is 15.6. The van der Waals surface area contributed by atoms with Gasteiger partial charge in [-0.05, 0) is 45.2 Å². The van der Waals surface area contributed by atoms with Crippen LogP contribution in [0.25, 0.3) is 0 Å². The second kappa shape index (κ2) is 7.86. The lowest BCUT2D eigenvalue weighted by atomic mass is 10.1. The Labute approximate surface area is 151 Å². The molecule has 1 atom stereocenters. The number of carbonyl (C=O) groups is 2. The normalized spacial score (nSPS) is 17.8. The van der Waals surface area contributed by atoms with Crippen LogP contribution in [-0.2, 0) is 9.47 Å². The van der Waals surface area contributed by atoms with Crippen molar-refractivity contribution in [1.82, 2.24) is 14.9 Å². The molecule has 25 heavy (non-hydrogen) atoms. The van der Waals surface area contributed by atoms with Crippen molar-refractivity contribution in [2.75, 3.05) is 25.5 Å². The van der Waals surface area contributed by atoms with Crippen molar-refractivity contribution in [3.05, 3.63) is 17.0 Å². The molecule has 0 unspecified atom stereocenters. The highest BCUT2D eigenvalue weighted by Crippen LogP contribution is 2.19. The molecule has 1 fully saturated rings. The number of anilines is 1. The molecule has 1 saturated heterocycles. The Kier molecular flexibility index (Phi) is 6.05. The van der Waals surface area contributed by atoms with Gasteiger partial charge in [-0.25, -0.2) is 19.6 Å². The third-order valence-electron chi connectivity index (χ3n) is 3.52. The first kappa shape index (κ1) is 19.2. The van der Waals surface area contributed by atoms with Crippen LogP contribution in [0.4, 0.5) is 10.6 Å². The topological polar surface area (TPSA) is 93.7 Å². The van der Waals surface area contributed by atoms with Gasteiger partial charge >= 0.3 is 12.1 Å². The number of amides is 1. The number of likely N-dealkylation sites (tertiary alicyclic amines) is 1. The fourth-order valence-corrected chi connectivity index (χ4v) is 2.68. The molecule has 2 rings (SSSR count). The minimum Gasteiger partial charge on any atom is -0.464 e. The summed E-state index contributed by atoms with van der Waals surface area (Å²) in [6.07, 6.45) is 1.35. The third-order valence-corrected chi connectivity index (χ3v) is 3.69. The lowest BCUT2D eigenvalue weighted by molar-refractivity contribution is 0.0206. The first-order valence-corrected chi connectivity index (χ1v) is 8.43. The largest absolute Gasteiger partial charge is 0.464 e. The van der Waals surface area contributed by atoms with Crippen molar-refractivity contribution < 1.29 is 19.1 Å². The molecular formula is C16H23ClN4O4. The van der Waals surface area contributed by atoms with Crippen molar-refractivity contribution in [1.29, 1.82) is 0 Å². The van der Waals surface area contributed by atoms with Crippen molar-refractivity contribution in [3.63, 3.8) is 0 Å². The Morgan fingerprint density at radius 1 is 1.36 bits per heavy atom. The first-order valence-electron chi connectivity index (χ1n) is 8.05. The lowest BCUT2D eigenvalue weighted by Gasteiger charge is -2.34. The molecule has 1 aliphatic rings. The maximum absolute atomic E-state index is 12.2. The van der Waals surface area contributed by atoms with Gasteiger partial charge in [0.05, 0.1) is 7.11 Å². The minimum absolute atomic E-state index is 0.0299. The summed E-state index contributed by atoms with van der Waals surface area (Å²) >= 11 is 5.87. The molecule has 0 saturated carbocycles. The maximum Gasteiger partial charge on any atom is 0.410 e. The summed E-state index contributed by atoms with van der Waals surface area (Å²) in [5.74, 6) is -0.178. The van der Waals surface area contributed by atoms with Crippen LogP contribution >= 0.6 is 11.6 Å². The van der Waals surface area contributed by atoms with Crippen LogP contribution in [0, 0.1) is 0 Å². The van der Waals surface area contributed by atoms with Gasteiger partial charge in [-0.3, -0.25) is 0 Å². The lowest BCUT2D eigenvalue weighted by Crippen LogP contribution is -2.47. The number of methoxy groups -OCH3 is 1. The van der Waals surface area contributed by atoms with Crippen LogP contribution < -0.4 is 5.32 Å². The van der Waals surface area contributed by atoms with Crippen molar-refractivity contribution in [3.8, 4) is 0 Å². The Morgan fingerprint density at radius 2 is 2.08 bits per heavy atom. The minimum atomic E-state index is -0.591. The number of carbonyl (C=O) groups excluding carboxylic acids is 2. The molecule has 0 aliphatic carbocycles. The van der Waals surface area contributed by atoms with Crippen molar-refractivity contribution in [2.45, 2.75) is 45.3 Å². The predicted octanol–water partition coefficient (Wildman–Crippen LogP) is 2.73. The molecule has 1 aromatic rings. The molecule has 138 valence electrons. The van der Waals surface area contributed by atoms with Crippen LogP contribution in [0.3, 0.4) is 0 Å². The van der Waals surface area contributed by atoms with E-state index in [-0.39, 0.29) is 23.1 Å². The van der Waals surface area contributed by atoms with E-state index in [0.717, 1.165) is 12.8 Å². The molecule has 1 N–H and O–H groups in total. The van der Waals surface area contributed by atoms with Gasteiger partial charge in [-0.15, -0.1) is 0 Å². The van der Waals surface area contributed by atoms with Crippen molar-refractivity contribution in [2.24, 2.45) is 0 Å². The summed E-state index contributed by atoms with van der Waals surface area (Å²) < 4.78 is 10.1. The number of aromatic nitrogens is 2. The van der Waals surface area contributed by atoms with Gasteiger partial charge in [0.1, 0.15) is 11.4 Å². The number of hydrogen-bond acceptors (Lipinski definition) is 7. The molecule has 1 amide bonds. The summed E-state index contributed by atoms with van der Waals surface area (Å²) in [6.45, 7) is 6.63. The molecule has 8 nitrogen and oxygen atoms in total. The summed E-state index contributed by atoms with van der Waals surface area (Å²) in [4.78, 5) is 33.4. The smallest absolute Gasteiger partial charge is 0.410 e. The molecule has 0 radical (unpaired) electrons. The molecule has 2 heterocycles. The van der Waals surface area contributed by atoms with Crippen molar-refractivity contribution >= 4 is 29.5 Å². The fraction of sp³-hybridized carbons (Fsp3) is 0.625. The quantitative estimate of drug-likeness (QED) is 0.645. The van der Waals surface area contributed by atoms with E-state index in [0.29, 0.717) is 18.9 Å². The SMILES string of the molecule is COC(=O)c1cc(N[C@H]2CCCN(C(=O)OC(C)(C)C)C2)nc(Cl)n1. The van der Waals surface area contributed by atoms with Crippen LogP contribution in [0.5, 0.6) is 0 Å². The summed E-state index contributed by atoms with van der Waals surface area (Å²) in [5.41, 5.74) is -0.461. The van der Waals surface area contributed by atoms with E-state index in [2.05, 4.69) is 20.0 Å². The van der Waals surface area contributed by atoms with E-state index >= 15 is 0 Å². The number of rotatable bonds is 3. The van der Waals surface area contributed by atoms with Crippen LogP contribution in [0.1, 0.15) is 44.1 Å². The molecule has 0 bridgehead atoms. The van der Waals surface area contributed by atoms with Gasteiger partial charge in [-0.1, -0.05) is 0 Å². The van der Waals surface area contributed by atoms with Gasteiger partial charge in [-0.2, -0.15) is 0 Å². The number of hydrogen-bond donors (Lipinski definition) is 1. The second-order valence-corrected chi connectivity index (χ2v) is 7.15. The molecule has 1 aliphatic heterocycles. The molecule has 9 heteroatoms. The van der Waals surface area contributed by atoms with E-state index in [1.807, 2.05) is 20.8 Å². The Hall–Kier alpha value is -2.09. The van der Waals surface area contributed by atoms with Crippen LogP contribution in [0.15, 0.2) is 6.07 Å². The van der Waals surface area contributed by atoms with Gasteiger partial charge in [0.25, 0.3) is 0 Å². The van der Waals surface area contributed by atoms with E-state index in [4.69, 9.17) is 16.3 Å². The number of nitrogens with zero attached hydrogens (tertiary/aromatic N) is 3.